The fraction of sp³-hybridized carbons (Fsp3) is 0.158. The molecule has 0 aliphatic carbocycles. The highest BCUT2D eigenvalue weighted by Crippen LogP contribution is 2.27. The maximum atomic E-state index is 13.0. The van der Waals surface area contributed by atoms with Crippen LogP contribution in [0.5, 0.6) is 0 Å². The SMILES string of the molecule is Nc1ncc2c(n1)CN(S(=O)(=O)c1ccc(-c3cccc(Cl)c3)cc1)CC2. The summed E-state index contributed by atoms with van der Waals surface area (Å²) in [6.07, 6.45) is 2.23. The van der Waals surface area contributed by atoms with E-state index in [1.807, 2.05) is 18.2 Å². The maximum absolute atomic E-state index is 13.0. The molecule has 0 saturated carbocycles. The predicted octanol–water partition coefficient (Wildman–Crippen LogP) is 3.13. The van der Waals surface area contributed by atoms with Gasteiger partial charge >= 0.3 is 0 Å². The van der Waals surface area contributed by atoms with Crippen molar-refractivity contribution in [2.24, 2.45) is 0 Å². The second-order valence-corrected chi connectivity index (χ2v) is 8.70. The zero-order chi connectivity index (χ0) is 19.0. The van der Waals surface area contributed by atoms with Crippen LogP contribution in [0.4, 0.5) is 5.95 Å². The molecule has 4 rings (SSSR count). The molecule has 0 unspecified atom stereocenters. The van der Waals surface area contributed by atoms with Gasteiger partial charge in [0.25, 0.3) is 0 Å². The molecule has 0 spiro atoms. The van der Waals surface area contributed by atoms with Gasteiger partial charge in [-0.25, -0.2) is 18.4 Å². The number of hydrogen-bond acceptors (Lipinski definition) is 5. The molecule has 0 fully saturated rings. The van der Waals surface area contributed by atoms with Crippen molar-refractivity contribution in [3.8, 4) is 11.1 Å². The Balaban J connectivity index is 1.61. The topological polar surface area (TPSA) is 89.2 Å². The normalized spacial score (nSPS) is 14.7. The molecule has 0 atom stereocenters. The highest BCUT2D eigenvalue weighted by atomic mass is 35.5. The van der Waals surface area contributed by atoms with E-state index in [2.05, 4.69) is 9.97 Å². The molecule has 1 aliphatic heterocycles. The molecule has 0 amide bonds. The maximum Gasteiger partial charge on any atom is 0.243 e. The first-order valence-corrected chi connectivity index (χ1v) is 10.2. The van der Waals surface area contributed by atoms with Crippen molar-refractivity contribution in [1.82, 2.24) is 14.3 Å². The van der Waals surface area contributed by atoms with E-state index in [1.54, 1.807) is 36.5 Å². The zero-order valence-corrected chi connectivity index (χ0v) is 15.9. The van der Waals surface area contributed by atoms with E-state index >= 15 is 0 Å². The van der Waals surface area contributed by atoms with Crippen molar-refractivity contribution in [2.75, 3.05) is 12.3 Å². The molecular weight excluding hydrogens is 384 g/mol. The fourth-order valence-corrected chi connectivity index (χ4v) is 4.73. The van der Waals surface area contributed by atoms with Crippen molar-refractivity contribution in [1.29, 1.82) is 0 Å². The highest BCUT2D eigenvalue weighted by Gasteiger charge is 2.29. The monoisotopic (exact) mass is 400 g/mol. The van der Waals surface area contributed by atoms with E-state index in [-0.39, 0.29) is 17.4 Å². The minimum absolute atomic E-state index is 0.152. The first kappa shape index (κ1) is 17.9. The third-order valence-corrected chi connectivity index (χ3v) is 6.67. The Bertz CT molecular complexity index is 1100. The average molecular weight is 401 g/mol. The average Bonchev–Trinajstić information content (AvgIpc) is 2.67. The summed E-state index contributed by atoms with van der Waals surface area (Å²) in [5, 5.41) is 0.637. The number of nitrogens with zero attached hydrogens (tertiary/aromatic N) is 3. The molecule has 2 N–H and O–H groups in total. The quantitative estimate of drug-likeness (QED) is 0.729. The lowest BCUT2D eigenvalue weighted by Gasteiger charge is -2.27. The van der Waals surface area contributed by atoms with Crippen LogP contribution in [0.25, 0.3) is 11.1 Å². The summed E-state index contributed by atoms with van der Waals surface area (Å²) in [4.78, 5) is 8.40. The summed E-state index contributed by atoms with van der Waals surface area (Å²) in [7, 11) is -3.62. The van der Waals surface area contributed by atoms with E-state index < -0.39 is 10.0 Å². The summed E-state index contributed by atoms with van der Waals surface area (Å²) in [5.74, 6) is 0.152. The van der Waals surface area contributed by atoms with Crippen LogP contribution in [0.2, 0.25) is 5.02 Å². The van der Waals surface area contributed by atoms with Crippen LogP contribution in [-0.2, 0) is 23.0 Å². The Hall–Kier alpha value is -2.48. The van der Waals surface area contributed by atoms with Crippen LogP contribution in [0.15, 0.2) is 59.6 Å². The van der Waals surface area contributed by atoms with E-state index in [0.29, 0.717) is 23.7 Å². The van der Waals surface area contributed by atoms with Gasteiger partial charge in [0.1, 0.15) is 0 Å². The molecule has 27 heavy (non-hydrogen) atoms. The van der Waals surface area contributed by atoms with Crippen molar-refractivity contribution in [3.05, 3.63) is 71.0 Å². The molecule has 0 bridgehead atoms. The molecular formula is C19H17ClN4O2S. The lowest BCUT2D eigenvalue weighted by molar-refractivity contribution is 0.385. The Morgan fingerprint density at radius 3 is 2.59 bits per heavy atom. The molecule has 3 aromatic rings. The van der Waals surface area contributed by atoms with Gasteiger partial charge in [0.2, 0.25) is 16.0 Å². The molecule has 0 saturated heterocycles. The molecule has 138 valence electrons. The van der Waals surface area contributed by atoms with Crippen LogP contribution in [0.3, 0.4) is 0 Å². The summed E-state index contributed by atoms with van der Waals surface area (Å²) in [5.41, 5.74) is 9.07. The Kier molecular flexibility index (Phi) is 4.59. The van der Waals surface area contributed by atoms with Gasteiger partial charge in [-0.1, -0.05) is 35.9 Å². The Morgan fingerprint density at radius 2 is 1.85 bits per heavy atom. The van der Waals surface area contributed by atoms with Gasteiger partial charge in [0, 0.05) is 17.8 Å². The van der Waals surface area contributed by atoms with Gasteiger partial charge in [-0.05, 0) is 47.4 Å². The van der Waals surface area contributed by atoms with Crippen molar-refractivity contribution in [2.45, 2.75) is 17.9 Å². The van der Waals surface area contributed by atoms with Gasteiger partial charge in [0.15, 0.2) is 0 Å². The first-order valence-electron chi connectivity index (χ1n) is 8.40. The van der Waals surface area contributed by atoms with Crippen LogP contribution in [-0.4, -0.2) is 29.2 Å². The summed E-state index contributed by atoms with van der Waals surface area (Å²) in [6, 6.07) is 14.3. The molecule has 8 heteroatoms. The molecule has 2 aromatic carbocycles. The minimum Gasteiger partial charge on any atom is -0.368 e. The predicted molar refractivity (Wildman–Crippen MR) is 105 cm³/mol. The van der Waals surface area contributed by atoms with Crippen molar-refractivity contribution >= 4 is 27.6 Å². The van der Waals surface area contributed by atoms with E-state index in [0.717, 1.165) is 16.7 Å². The summed E-state index contributed by atoms with van der Waals surface area (Å²) >= 11 is 6.03. The molecule has 6 nitrogen and oxygen atoms in total. The number of halogens is 1. The van der Waals surface area contributed by atoms with Gasteiger partial charge < -0.3 is 5.73 Å². The Morgan fingerprint density at radius 1 is 1.07 bits per heavy atom. The zero-order valence-electron chi connectivity index (χ0n) is 14.3. The lowest BCUT2D eigenvalue weighted by Crippen LogP contribution is -2.36. The van der Waals surface area contributed by atoms with Crippen LogP contribution in [0, 0.1) is 0 Å². The molecule has 2 heterocycles. The largest absolute Gasteiger partial charge is 0.368 e. The van der Waals surface area contributed by atoms with Crippen LogP contribution >= 0.6 is 11.6 Å². The second kappa shape index (κ2) is 6.92. The van der Waals surface area contributed by atoms with Crippen molar-refractivity contribution < 1.29 is 8.42 Å². The number of aromatic nitrogens is 2. The number of rotatable bonds is 3. The number of benzene rings is 2. The number of hydrogen-bond donors (Lipinski definition) is 1. The van der Waals surface area contributed by atoms with Crippen molar-refractivity contribution in [3.63, 3.8) is 0 Å². The van der Waals surface area contributed by atoms with E-state index in [4.69, 9.17) is 17.3 Å². The minimum atomic E-state index is -3.62. The smallest absolute Gasteiger partial charge is 0.243 e. The second-order valence-electron chi connectivity index (χ2n) is 6.32. The van der Waals surface area contributed by atoms with E-state index in [9.17, 15) is 8.42 Å². The van der Waals surface area contributed by atoms with E-state index in [1.165, 1.54) is 4.31 Å². The van der Waals surface area contributed by atoms with Gasteiger partial charge in [-0.2, -0.15) is 4.31 Å². The number of fused-ring (bicyclic) bond motifs is 1. The fourth-order valence-electron chi connectivity index (χ4n) is 3.14. The number of sulfonamides is 1. The summed E-state index contributed by atoms with van der Waals surface area (Å²) in [6.45, 7) is 0.582. The highest BCUT2D eigenvalue weighted by molar-refractivity contribution is 7.89. The molecule has 0 radical (unpaired) electrons. The van der Waals surface area contributed by atoms with Gasteiger partial charge in [-0.15, -0.1) is 0 Å². The standard InChI is InChI=1S/C19H17ClN4O2S/c20-16-3-1-2-14(10-16)13-4-6-17(7-5-13)27(25,26)24-9-8-15-11-22-19(21)23-18(15)12-24/h1-7,10-11H,8-9,12H2,(H2,21,22,23). The van der Waals surface area contributed by atoms with Crippen LogP contribution in [0.1, 0.15) is 11.3 Å². The number of nitrogens with two attached hydrogens (primary N) is 1. The first-order chi connectivity index (χ1) is 12.9. The summed E-state index contributed by atoms with van der Waals surface area (Å²) < 4.78 is 27.5. The van der Waals surface area contributed by atoms with Gasteiger partial charge in [0.05, 0.1) is 17.1 Å². The Labute approximate surface area is 162 Å². The molecule has 1 aromatic heterocycles. The third-order valence-electron chi connectivity index (χ3n) is 4.58. The molecule has 1 aliphatic rings. The number of anilines is 1. The van der Waals surface area contributed by atoms with Crippen LogP contribution < -0.4 is 5.73 Å². The number of nitrogen functional groups attached to an aromatic ring is 1. The van der Waals surface area contributed by atoms with Gasteiger partial charge in [-0.3, -0.25) is 0 Å². The lowest BCUT2D eigenvalue weighted by atomic mass is 10.1. The third kappa shape index (κ3) is 3.53.